The summed E-state index contributed by atoms with van der Waals surface area (Å²) in [5, 5.41) is 11.2. The second kappa shape index (κ2) is 12.9. The van der Waals surface area contributed by atoms with Crippen LogP contribution in [0.15, 0.2) is 114 Å². The summed E-state index contributed by atoms with van der Waals surface area (Å²) in [6.45, 7) is 4.59. The number of benzene rings is 3. The van der Waals surface area contributed by atoms with Crippen LogP contribution in [-0.2, 0) is 11.1 Å². The molecule has 4 aromatic rings. The van der Waals surface area contributed by atoms with Crippen LogP contribution in [-0.4, -0.2) is 28.5 Å². The van der Waals surface area contributed by atoms with Gasteiger partial charge in [0.15, 0.2) is 0 Å². The lowest BCUT2D eigenvalue weighted by Crippen LogP contribution is -2.41. The number of aliphatic hydroxyl groups is 1. The van der Waals surface area contributed by atoms with Gasteiger partial charge < -0.3 is 19.1 Å². The summed E-state index contributed by atoms with van der Waals surface area (Å²) in [5.74, 6) is 1.32. The first-order chi connectivity index (χ1) is 19.5. The molecule has 1 aliphatic rings. The van der Waals surface area contributed by atoms with E-state index in [-0.39, 0.29) is 12.6 Å². The van der Waals surface area contributed by atoms with E-state index in [4.69, 9.17) is 25.4 Å². The SMILES string of the molecule is C=CC1C=C(CCCO)C/C(=N/P(=O)(Oc2ccccc2)Oc2ccccc2)N1Cc1sc2ccccc2c1Cl. The first-order valence-corrected chi connectivity index (χ1v) is 15.7. The minimum atomic E-state index is -4.10. The van der Waals surface area contributed by atoms with Gasteiger partial charge >= 0.3 is 7.75 Å². The number of rotatable bonds is 11. The summed E-state index contributed by atoms with van der Waals surface area (Å²) in [6.07, 6.45) is 5.68. The van der Waals surface area contributed by atoms with Crippen molar-refractivity contribution in [2.24, 2.45) is 4.76 Å². The van der Waals surface area contributed by atoms with Crippen LogP contribution in [0.1, 0.15) is 24.1 Å². The Morgan fingerprint density at radius 2 is 1.65 bits per heavy atom. The van der Waals surface area contributed by atoms with Crippen LogP contribution < -0.4 is 9.05 Å². The van der Waals surface area contributed by atoms with Crippen molar-refractivity contribution < 1.29 is 18.7 Å². The minimum Gasteiger partial charge on any atom is -0.399 e. The molecule has 1 N–H and O–H groups in total. The van der Waals surface area contributed by atoms with Crippen molar-refractivity contribution in [3.05, 3.63) is 119 Å². The molecule has 0 amide bonds. The average Bonchev–Trinajstić information content (AvgIpc) is 3.28. The predicted molar refractivity (Wildman–Crippen MR) is 165 cm³/mol. The molecule has 0 fully saturated rings. The number of nitrogens with zero attached hydrogens (tertiary/aromatic N) is 2. The predicted octanol–water partition coefficient (Wildman–Crippen LogP) is 8.68. The summed E-state index contributed by atoms with van der Waals surface area (Å²) >= 11 is 8.45. The molecular formula is C31H30ClN2O4PS. The van der Waals surface area contributed by atoms with Crippen LogP contribution in [0.3, 0.4) is 0 Å². The van der Waals surface area contributed by atoms with E-state index < -0.39 is 7.75 Å². The van der Waals surface area contributed by atoms with Crippen LogP contribution in [0.25, 0.3) is 10.1 Å². The van der Waals surface area contributed by atoms with Crippen molar-refractivity contribution in [3.63, 3.8) is 0 Å². The molecule has 2 heterocycles. The van der Waals surface area contributed by atoms with Crippen LogP contribution >= 0.6 is 30.7 Å². The van der Waals surface area contributed by atoms with Gasteiger partial charge in [-0.1, -0.05) is 83.9 Å². The maximum Gasteiger partial charge on any atom is 0.564 e. The molecule has 0 radical (unpaired) electrons. The molecule has 0 saturated carbocycles. The highest BCUT2D eigenvalue weighted by Gasteiger charge is 2.34. The van der Waals surface area contributed by atoms with Crippen molar-refractivity contribution in [2.75, 3.05) is 6.61 Å². The van der Waals surface area contributed by atoms with Gasteiger partial charge in [-0.2, -0.15) is 0 Å². The fraction of sp³-hybridized carbons (Fsp3) is 0.194. The van der Waals surface area contributed by atoms with Gasteiger partial charge in [-0.25, -0.2) is 4.57 Å². The number of aliphatic hydroxyl groups excluding tert-OH is 1. The number of hydrogen-bond acceptors (Lipinski definition) is 5. The summed E-state index contributed by atoms with van der Waals surface area (Å²) in [7, 11) is -4.10. The normalized spacial score (nSPS) is 16.6. The summed E-state index contributed by atoms with van der Waals surface area (Å²) in [6, 6.07) is 25.6. The molecule has 206 valence electrons. The second-order valence-electron chi connectivity index (χ2n) is 9.31. The standard InChI is InChI=1S/C31H30ClN2O4PS/c1-2-24-20-23(12-11-19-35)21-30(34(24)22-29-31(32)27-17-9-10-18-28(27)40-29)33-39(36,37-25-13-5-3-6-14-25)38-26-15-7-4-8-16-26/h2-10,13-18,20,24,35H,1,11-12,19,21-22H2/b33-30-. The van der Waals surface area contributed by atoms with E-state index in [1.165, 1.54) is 0 Å². The second-order valence-corrected chi connectivity index (χ2v) is 12.3. The lowest BCUT2D eigenvalue weighted by molar-refractivity contribution is 0.287. The first kappa shape index (κ1) is 28.2. The lowest BCUT2D eigenvalue weighted by atomic mass is 9.97. The number of para-hydroxylation sites is 2. The molecule has 6 nitrogen and oxygen atoms in total. The van der Waals surface area contributed by atoms with Crippen LogP contribution in [0.4, 0.5) is 0 Å². The number of halogens is 1. The highest BCUT2D eigenvalue weighted by atomic mass is 35.5. The lowest BCUT2D eigenvalue weighted by Gasteiger charge is -2.36. The molecule has 0 aliphatic carbocycles. The monoisotopic (exact) mass is 592 g/mol. The van der Waals surface area contributed by atoms with Crippen molar-refractivity contribution >= 4 is 46.6 Å². The van der Waals surface area contributed by atoms with E-state index in [0.29, 0.717) is 48.2 Å². The Morgan fingerprint density at radius 1 is 1.02 bits per heavy atom. The molecule has 1 aliphatic heterocycles. The van der Waals surface area contributed by atoms with Crippen molar-refractivity contribution in [2.45, 2.75) is 31.8 Å². The average molecular weight is 593 g/mol. The van der Waals surface area contributed by atoms with E-state index in [9.17, 15) is 9.67 Å². The van der Waals surface area contributed by atoms with Crippen LogP contribution in [0, 0.1) is 0 Å². The summed E-state index contributed by atoms with van der Waals surface area (Å²) in [4.78, 5) is 3.01. The molecule has 3 aromatic carbocycles. The van der Waals surface area contributed by atoms with Gasteiger partial charge in [0, 0.05) is 28.0 Å². The van der Waals surface area contributed by atoms with Crippen LogP contribution in [0.5, 0.6) is 11.5 Å². The van der Waals surface area contributed by atoms with Crippen molar-refractivity contribution in [1.29, 1.82) is 0 Å². The van der Waals surface area contributed by atoms with Gasteiger partial charge in [0.25, 0.3) is 0 Å². The Morgan fingerprint density at radius 3 is 2.25 bits per heavy atom. The maximum absolute atomic E-state index is 14.4. The van der Waals surface area contributed by atoms with Crippen LogP contribution in [0.2, 0.25) is 5.02 Å². The Bertz CT molecular complexity index is 1530. The van der Waals surface area contributed by atoms with Gasteiger partial charge in [-0.05, 0) is 43.2 Å². The highest BCUT2D eigenvalue weighted by Crippen LogP contribution is 2.51. The van der Waals surface area contributed by atoms with E-state index in [2.05, 4.69) is 12.7 Å². The van der Waals surface area contributed by atoms with Crippen molar-refractivity contribution in [3.8, 4) is 11.5 Å². The third-order valence-electron chi connectivity index (χ3n) is 6.46. The topological polar surface area (TPSA) is 71.4 Å². The summed E-state index contributed by atoms with van der Waals surface area (Å²) in [5.41, 5.74) is 1.07. The largest absolute Gasteiger partial charge is 0.564 e. The molecule has 0 saturated heterocycles. The maximum atomic E-state index is 14.4. The molecule has 1 unspecified atom stereocenters. The molecule has 0 spiro atoms. The third kappa shape index (κ3) is 6.68. The zero-order chi connectivity index (χ0) is 28.0. The first-order valence-electron chi connectivity index (χ1n) is 13.0. The summed E-state index contributed by atoms with van der Waals surface area (Å²) < 4.78 is 32.2. The third-order valence-corrected chi connectivity index (χ3v) is 9.52. The van der Waals surface area contributed by atoms with E-state index >= 15 is 0 Å². The molecule has 0 bridgehead atoms. The van der Waals surface area contributed by atoms with E-state index in [0.717, 1.165) is 20.5 Å². The Balaban J connectivity index is 1.58. The molecule has 5 rings (SSSR count). The molecule has 1 atom stereocenters. The quantitative estimate of drug-likeness (QED) is 0.139. The Hall–Kier alpha value is -3.35. The molecule has 9 heteroatoms. The molecular weight excluding hydrogens is 563 g/mol. The number of thiophene rings is 1. The number of fused-ring (bicyclic) bond motifs is 1. The van der Waals surface area contributed by atoms with Gasteiger partial charge in [0.05, 0.1) is 17.6 Å². The Kier molecular flexibility index (Phi) is 9.08. The van der Waals surface area contributed by atoms with E-state index in [1.807, 2.05) is 47.4 Å². The zero-order valence-corrected chi connectivity index (χ0v) is 24.3. The smallest absolute Gasteiger partial charge is 0.399 e. The fourth-order valence-corrected chi connectivity index (χ4v) is 7.44. The van der Waals surface area contributed by atoms with Gasteiger partial charge in [-0.3, -0.25) is 0 Å². The zero-order valence-electron chi connectivity index (χ0n) is 21.9. The van der Waals surface area contributed by atoms with Gasteiger partial charge in [0.2, 0.25) is 0 Å². The Labute approximate surface area is 243 Å². The number of hydrogen-bond donors (Lipinski definition) is 1. The fourth-order valence-electron chi connectivity index (χ4n) is 4.58. The molecule has 40 heavy (non-hydrogen) atoms. The molecule has 1 aromatic heterocycles. The number of amidine groups is 1. The highest BCUT2D eigenvalue weighted by molar-refractivity contribution is 7.53. The van der Waals surface area contributed by atoms with Gasteiger partial charge in [0.1, 0.15) is 17.3 Å². The van der Waals surface area contributed by atoms with Crippen molar-refractivity contribution in [1.82, 2.24) is 4.90 Å². The minimum absolute atomic E-state index is 0.0798. The van der Waals surface area contributed by atoms with E-state index in [1.54, 1.807) is 59.9 Å². The van der Waals surface area contributed by atoms with Gasteiger partial charge in [-0.15, -0.1) is 22.7 Å².